The molecule has 0 heterocycles. The molecule has 0 saturated carbocycles. The smallest absolute Gasteiger partial charge is 0.408 e. The summed E-state index contributed by atoms with van der Waals surface area (Å²) in [5, 5.41) is 5.62. The number of primary amides is 1. The van der Waals surface area contributed by atoms with Gasteiger partial charge in [0.15, 0.2) is 0 Å². The highest BCUT2D eigenvalue weighted by atomic mass is 16.6. The van der Waals surface area contributed by atoms with E-state index >= 15 is 0 Å². The minimum Gasteiger partial charge on any atom is -0.444 e. The second kappa shape index (κ2) is 14.0. The number of ether oxygens (including phenoxy) is 1. The van der Waals surface area contributed by atoms with E-state index in [9.17, 15) is 19.2 Å². The highest BCUT2D eigenvalue weighted by Gasteiger charge is 2.43. The summed E-state index contributed by atoms with van der Waals surface area (Å²) < 4.78 is 5.40. The largest absolute Gasteiger partial charge is 0.444 e. The molecule has 0 spiro atoms. The van der Waals surface area contributed by atoms with E-state index in [1.165, 1.54) is 4.90 Å². The highest BCUT2D eigenvalue weighted by Crippen LogP contribution is 2.34. The molecule has 2 aromatic carbocycles. The number of alkyl carbamates (subject to hydrolysis) is 1. The molecule has 0 aromatic heterocycles. The number of aryl methyl sites for hydroxylation is 1. The number of hydrogen-bond donors (Lipinski definition) is 3. The number of anilines is 1. The Kier molecular flexibility index (Phi) is 11.3. The number of amides is 4. The molecule has 0 aliphatic rings. The Labute approximate surface area is 243 Å². The molecule has 9 nitrogen and oxygen atoms in total. The maximum absolute atomic E-state index is 14.5. The lowest BCUT2D eigenvalue weighted by Crippen LogP contribution is -2.59. The molecule has 4 N–H and O–H groups in total. The molecule has 2 rings (SSSR count). The maximum atomic E-state index is 14.5. The van der Waals surface area contributed by atoms with Crippen LogP contribution in [-0.4, -0.2) is 45.9 Å². The SMILES string of the molecule is C=Cc1cccc(C(C(=O)Nc2ccccc2C)N(C(=O)C(CCC(N)=O)NC(=O)OC(C)(C)C)C(C)(C)CC)c1. The van der Waals surface area contributed by atoms with Gasteiger partial charge in [0.2, 0.25) is 11.8 Å². The molecule has 0 radical (unpaired) electrons. The second-order valence-electron chi connectivity index (χ2n) is 11.7. The summed E-state index contributed by atoms with van der Waals surface area (Å²) in [4.78, 5) is 54.6. The zero-order chi connectivity index (χ0) is 31.0. The Balaban J connectivity index is 2.69. The van der Waals surface area contributed by atoms with Crippen molar-refractivity contribution in [2.24, 2.45) is 5.73 Å². The van der Waals surface area contributed by atoms with Gasteiger partial charge in [-0.2, -0.15) is 0 Å². The van der Waals surface area contributed by atoms with E-state index < -0.39 is 47.0 Å². The average molecular weight is 565 g/mol. The third-order valence-electron chi connectivity index (χ3n) is 6.79. The molecule has 0 aliphatic heterocycles. The van der Waals surface area contributed by atoms with E-state index in [0.29, 0.717) is 17.7 Å². The summed E-state index contributed by atoms with van der Waals surface area (Å²) in [5.41, 5.74) is 6.55. The van der Waals surface area contributed by atoms with Crippen molar-refractivity contribution < 1.29 is 23.9 Å². The van der Waals surface area contributed by atoms with Gasteiger partial charge in [0.25, 0.3) is 5.91 Å². The van der Waals surface area contributed by atoms with Gasteiger partial charge in [-0.3, -0.25) is 14.4 Å². The van der Waals surface area contributed by atoms with Crippen molar-refractivity contribution in [2.45, 2.75) is 91.0 Å². The van der Waals surface area contributed by atoms with Crippen molar-refractivity contribution in [2.75, 3.05) is 5.32 Å². The van der Waals surface area contributed by atoms with Gasteiger partial charge in [-0.25, -0.2) is 4.79 Å². The van der Waals surface area contributed by atoms with Crippen molar-refractivity contribution in [3.05, 3.63) is 71.8 Å². The lowest BCUT2D eigenvalue weighted by Gasteiger charge is -2.44. The third-order valence-corrected chi connectivity index (χ3v) is 6.79. The predicted molar refractivity (Wildman–Crippen MR) is 162 cm³/mol. The molecule has 2 atom stereocenters. The molecule has 41 heavy (non-hydrogen) atoms. The van der Waals surface area contributed by atoms with Crippen molar-refractivity contribution in [1.82, 2.24) is 10.2 Å². The number of nitrogens with two attached hydrogens (primary N) is 1. The van der Waals surface area contributed by atoms with Crippen LogP contribution in [0.1, 0.15) is 83.5 Å². The molecular weight excluding hydrogens is 520 g/mol. The maximum Gasteiger partial charge on any atom is 0.408 e. The number of benzene rings is 2. The standard InChI is InChI=1S/C32H44N4O5/c1-9-22-15-13-16-23(20-22)27(28(38)34-24-17-12-11-14-21(24)3)36(32(7,8)10-2)29(39)25(18-19-26(33)37)35-30(40)41-31(4,5)6/h9,11-17,20,25,27H,1,10,18-19H2,2-8H3,(H2,33,37)(H,34,38)(H,35,40). The number of para-hydroxylation sites is 1. The van der Waals surface area contributed by atoms with Gasteiger partial charge in [-0.05, 0) is 83.2 Å². The van der Waals surface area contributed by atoms with Gasteiger partial charge in [0.05, 0.1) is 0 Å². The molecule has 0 saturated heterocycles. The third kappa shape index (κ3) is 9.48. The minimum absolute atomic E-state index is 0.0669. The van der Waals surface area contributed by atoms with Crippen molar-refractivity contribution >= 4 is 35.6 Å². The first-order valence-corrected chi connectivity index (χ1v) is 13.8. The molecule has 2 unspecified atom stereocenters. The molecule has 2 aromatic rings. The number of carbonyl (C=O) groups excluding carboxylic acids is 4. The van der Waals surface area contributed by atoms with Crippen LogP contribution in [0.4, 0.5) is 10.5 Å². The fraction of sp³-hybridized carbons (Fsp3) is 0.438. The van der Waals surface area contributed by atoms with E-state index in [4.69, 9.17) is 10.5 Å². The number of carbonyl (C=O) groups is 4. The minimum atomic E-state index is -1.18. The van der Waals surface area contributed by atoms with Crippen molar-refractivity contribution in [1.29, 1.82) is 0 Å². The van der Waals surface area contributed by atoms with E-state index in [1.807, 2.05) is 52.0 Å². The summed E-state index contributed by atoms with van der Waals surface area (Å²) in [6.45, 7) is 16.5. The lowest BCUT2D eigenvalue weighted by molar-refractivity contribution is -0.148. The normalized spacial score (nSPS) is 13.0. The van der Waals surface area contributed by atoms with Crippen LogP contribution in [0.25, 0.3) is 6.08 Å². The molecule has 9 heteroatoms. The van der Waals surface area contributed by atoms with Gasteiger partial charge < -0.3 is 26.0 Å². The van der Waals surface area contributed by atoms with Gasteiger partial charge in [-0.15, -0.1) is 0 Å². The van der Waals surface area contributed by atoms with Crippen LogP contribution >= 0.6 is 0 Å². The van der Waals surface area contributed by atoms with Crippen LogP contribution in [0.5, 0.6) is 0 Å². The summed E-state index contributed by atoms with van der Waals surface area (Å²) >= 11 is 0. The Morgan fingerprint density at radius 2 is 1.71 bits per heavy atom. The number of rotatable bonds is 12. The first kappa shape index (κ1) is 33.1. The Bertz CT molecular complexity index is 1260. The van der Waals surface area contributed by atoms with E-state index in [2.05, 4.69) is 17.2 Å². The van der Waals surface area contributed by atoms with Crippen LogP contribution in [-0.2, 0) is 19.1 Å². The summed E-state index contributed by atoms with van der Waals surface area (Å²) in [5.74, 6) is -1.60. The Morgan fingerprint density at radius 3 is 2.27 bits per heavy atom. The lowest BCUT2D eigenvalue weighted by atomic mass is 9.91. The average Bonchev–Trinajstić information content (AvgIpc) is 2.89. The fourth-order valence-corrected chi connectivity index (χ4v) is 4.30. The molecule has 222 valence electrons. The fourth-order valence-electron chi connectivity index (χ4n) is 4.30. The van der Waals surface area contributed by atoms with Crippen LogP contribution < -0.4 is 16.4 Å². The van der Waals surface area contributed by atoms with Crippen LogP contribution in [0.15, 0.2) is 55.1 Å². The predicted octanol–water partition coefficient (Wildman–Crippen LogP) is 5.49. The number of nitrogens with one attached hydrogen (secondary N) is 2. The van der Waals surface area contributed by atoms with E-state index in [1.54, 1.807) is 51.1 Å². The summed E-state index contributed by atoms with van der Waals surface area (Å²) in [6.07, 6.45) is 1.12. The molecule has 0 aliphatic carbocycles. The summed E-state index contributed by atoms with van der Waals surface area (Å²) in [6, 6.07) is 12.3. The van der Waals surface area contributed by atoms with E-state index in [-0.39, 0.29) is 12.8 Å². The zero-order valence-corrected chi connectivity index (χ0v) is 25.2. The van der Waals surface area contributed by atoms with Gasteiger partial charge in [0, 0.05) is 17.6 Å². The topological polar surface area (TPSA) is 131 Å². The van der Waals surface area contributed by atoms with Gasteiger partial charge in [-0.1, -0.05) is 56.0 Å². The van der Waals surface area contributed by atoms with Crippen molar-refractivity contribution in [3.63, 3.8) is 0 Å². The van der Waals surface area contributed by atoms with Crippen molar-refractivity contribution in [3.8, 4) is 0 Å². The first-order chi connectivity index (χ1) is 19.1. The van der Waals surface area contributed by atoms with Crippen LogP contribution in [0.3, 0.4) is 0 Å². The highest BCUT2D eigenvalue weighted by molar-refractivity contribution is 5.99. The quantitative estimate of drug-likeness (QED) is 0.314. The first-order valence-electron chi connectivity index (χ1n) is 13.8. The summed E-state index contributed by atoms with van der Waals surface area (Å²) in [7, 11) is 0. The molecular formula is C32H44N4O5. The number of nitrogens with zero attached hydrogens (tertiary/aromatic N) is 1. The van der Waals surface area contributed by atoms with E-state index in [0.717, 1.165) is 11.1 Å². The number of hydrogen-bond acceptors (Lipinski definition) is 5. The second-order valence-corrected chi connectivity index (χ2v) is 11.7. The van der Waals surface area contributed by atoms with Gasteiger partial charge in [0.1, 0.15) is 17.7 Å². The molecule has 0 fully saturated rings. The van der Waals surface area contributed by atoms with Crippen LogP contribution in [0.2, 0.25) is 0 Å². The Morgan fingerprint density at radius 1 is 1.05 bits per heavy atom. The molecule has 4 amide bonds. The Hall–Kier alpha value is -4.14. The zero-order valence-electron chi connectivity index (χ0n) is 25.2. The molecule has 0 bridgehead atoms. The monoisotopic (exact) mass is 564 g/mol. The van der Waals surface area contributed by atoms with Gasteiger partial charge >= 0.3 is 6.09 Å². The van der Waals surface area contributed by atoms with Crippen LogP contribution in [0, 0.1) is 6.92 Å².